The average Bonchev–Trinajstić information content (AvgIpc) is 2.12. The van der Waals surface area contributed by atoms with Gasteiger partial charge < -0.3 is 10.2 Å². The second-order valence-corrected chi connectivity index (χ2v) is 3.73. The van der Waals surface area contributed by atoms with Crippen molar-refractivity contribution < 1.29 is 4.79 Å². The fraction of sp³-hybridized carbons (Fsp3) is 0.700. The number of nitrogens with zero attached hydrogens (tertiary/aromatic N) is 1. The smallest absolute Gasteiger partial charge is 0.246 e. The van der Waals surface area contributed by atoms with Gasteiger partial charge in [0.2, 0.25) is 5.91 Å². The van der Waals surface area contributed by atoms with Crippen LogP contribution in [-0.2, 0) is 4.79 Å². The largest absolute Gasteiger partial charge is 0.337 e. The maximum absolute atomic E-state index is 11.6. The SMILES string of the molecule is Cl.O=C(C=C1CCC1)N1CCNCC1. The van der Waals surface area contributed by atoms with E-state index in [1.165, 1.54) is 12.0 Å². The van der Waals surface area contributed by atoms with Crippen molar-refractivity contribution in [3.8, 4) is 0 Å². The number of hydrogen-bond acceptors (Lipinski definition) is 2. The monoisotopic (exact) mass is 216 g/mol. The van der Waals surface area contributed by atoms with Gasteiger partial charge >= 0.3 is 0 Å². The van der Waals surface area contributed by atoms with Crippen molar-refractivity contribution in [3.05, 3.63) is 11.6 Å². The Balaban J connectivity index is 0.000000980. The zero-order chi connectivity index (χ0) is 9.10. The van der Waals surface area contributed by atoms with Crippen LogP contribution in [0.1, 0.15) is 19.3 Å². The molecule has 1 aliphatic heterocycles. The lowest BCUT2D eigenvalue weighted by Gasteiger charge is -2.27. The zero-order valence-electron chi connectivity index (χ0n) is 8.29. The number of piperazine rings is 1. The highest BCUT2D eigenvalue weighted by molar-refractivity contribution is 5.88. The summed E-state index contributed by atoms with van der Waals surface area (Å²) in [4.78, 5) is 13.6. The molecule has 0 radical (unpaired) electrons. The van der Waals surface area contributed by atoms with E-state index < -0.39 is 0 Å². The molecule has 0 spiro atoms. The summed E-state index contributed by atoms with van der Waals surface area (Å²) < 4.78 is 0. The van der Waals surface area contributed by atoms with Gasteiger partial charge in [-0.1, -0.05) is 5.57 Å². The van der Waals surface area contributed by atoms with E-state index in [0.717, 1.165) is 39.0 Å². The third kappa shape index (κ3) is 2.72. The molecule has 0 unspecified atom stereocenters. The Morgan fingerprint density at radius 2 is 1.93 bits per heavy atom. The van der Waals surface area contributed by atoms with E-state index in [4.69, 9.17) is 0 Å². The molecule has 80 valence electrons. The molecule has 1 amide bonds. The Kier molecular flexibility index (Phi) is 4.42. The molecule has 3 nitrogen and oxygen atoms in total. The predicted molar refractivity (Wildman–Crippen MR) is 58.6 cm³/mol. The van der Waals surface area contributed by atoms with E-state index in [0.29, 0.717) is 0 Å². The van der Waals surface area contributed by atoms with Gasteiger partial charge in [0, 0.05) is 32.3 Å². The number of rotatable bonds is 1. The van der Waals surface area contributed by atoms with E-state index in [2.05, 4.69) is 5.32 Å². The number of carbonyl (C=O) groups excluding carboxylic acids is 1. The maximum Gasteiger partial charge on any atom is 0.246 e. The van der Waals surface area contributed by atoms with Crippen LogP contribution in [0.2, 0.25) is 0 Å². The predicted octanol–water partition coefficient (Wildman–Crippen LogP) is 0.950. The fourth-order valence-electron chi connectivity index (χ4n) is 1.68. The Morgan fingerprint density at radius 3 is 2.43 bits per heavy atom. The first-order valence-electron chi connectivity index (χ1n) is 5.05. The van der Waals surface area contributed by atoms with Crippen molar-refractivity contribution >= 4 is 18.3 Å². The van der Waals surface area contributed by atoms with Crippen LogP contribution in [0, 0.1) is 0 Å². The normalized spacial score (nSPS) is 20.9. The molecule has 0 bridgehead atoms. The van der Waals surface area contributed by atoms with Gasteiger partial charge in [-0.2, -0.15) is 0 Å². The lowest BCUT2D eigenvalue weighted by Crippen LogP contribution is -2.46. The second-order valence-electron chi connectivity index (χ2n) is 3.73. The first kappa shape index (κ1) is 11.5. The Bertz CT molecular complexity index is 228. The lowest BCUT2D eigenvalue weighted by molar-refractivity contribution is -0.126. The minimum Gasteiger partial charge on any atom is -0.337 e. The summed E-state index contributed by atoms with van der Waals surface area (Å²) in [5.41, 5.74) is 1.34. The molecule has 4 heteroatoms. The average molecular weight is 217 g/mol. The van der Waals surface area contributed by atoms with Crippen molar-refractivity contribution in [2.24, 2.45) is 0 Å². The quantitative estimate of drug-likeness (QED) is 0.662. The van der Waals surface area contributed by atoms with Crippen LogP contribution in [0.3, 0.4) is 0 Å². The van der Waals surface area contributed by atoms with Crippen LogP contribution in [0.15, 0.2) is 11.6 Å². The van der Waals surface area contributed by atoms with Gasteiger partial charge in [0.1, 0.15) is 0 Å². The Hall–Kier alpha value is -0.540. The molecule has 2 rings (SSSR count). The van der Waals surface area contributed by atoms with Crippen molar-refractivity contribution in [3.63, 3.8) is 0 Å². The number of halogens is 1. The molecule has 0 aromatic heterocycles. The highest BCUT2D eigenvalue weighted by Crippen LogP contribution is 2.25. The number of carbonyl (C=O) groups is 1. The topological polar surface area (TPSA) is 32.3 Å². The molecule has 0 aromatic rings. The minimum atomic E-state index is 0. The van der Waals surface area contributed by atoms with Crippen LogP contribution in [0.4, 0.5) is 0 Å². The van der Waals surface area contributed by atoms with E-state index in [1.807, 2.05) is 11.0 Å². The standard InChI is InChI=1S/C10H16N2O.ClH/c13-10(8-9-2-1-3-9)12-6-4-11-5-7-12;/h8,11H,1-7H2;1H. The summed E-state index contributed by atoms with van der Waals surface area (Å²) in [7, 11) is 0. The molecule has 0 atom stereocenters. The van der Waals surface area contributed by atoms with Crippen LogP contribution in [-0.4, -0.2) is 37.0 Å². The molecule has 1 saturated carbocycles. The van der Waals surface area contributed by atoms with Crippen LogP contribution < -0.4 is 5.32 Å². The molecule has 1 saturated heterocycles. The third-order valence-electron chi connectivity index (χ3n) is 2.75. The number of allylic oxidation sites excluding steroid dienone is 1. The van der Waals surface area contributed by atoms with Gasteiger partial charge in [0.25, 0.3) is 0 Å². The van der Waals surface area contributed by atoms with Gasteiger partial charge in [-0.15, -0.1) is 12.4 Å². The first-order valence-corrected chi connectivity index (χ1v) is 5.05. The summed E-state index contributed by atoms with van der Waals surface area (Å²) in [6, 6.07) is 0. The first-order chi connectivity index (χ1) is 6.36. The molecule has 1 aliphatic carbocycles. The molecule has 1 N–H and O–H groups in total. The molecule has 1 heterocycles. The minimum absolute atomic E-state index is 0. The summed E-state index contributed by atoms with van der Waals surface area (Å²) in [5.74, 6) is 0.219. The van der Waals surface area contributed by atoms with E-state index >= 15 is 0 Å². The summed E-state index contributed by atoms with van der Waals surface area (Å²) in [5, 5.41) is 3.24. The van der Waals surface area contributed by atoms with Crippen molar-refractivity contribution in [2.45, 2.75) is 19.3 Å². The van der Waals surface area contributed by atoms with Crippen LogP contribution >= 0.6 is 12.4 Å². The highest BCUT2D eigenvalue weighted by Gasteiger charge is 2.16. The molecular weight excluding hydrogens is 200 g/mol. The zero-order valence-corrected chi connectivity index (χ0v) is 9.11. The highest BCUT2D eigenvalue weighted by atomic mass is 35.5. The maximum atomic E-state index is 11.6. The molecule has 14 heavy (non-hydrogen) atoms. The van der Waals surface area contributed by atoms with Gasteiger partial charge in [0.05, 0.1) is 0 Å². The van der Waals surface area contributed by atoms with Crippen LogP contribution in [0.25, 0.3) is 0 Å². The number of amides is 1. The van der Waals surface area contributed by atoms with Crippen molar-refractivity contribution in [1.29, 1.82) is 0 Å². The molecule has 0 aromatic carbocycles. The van der Waals surface area contributed by atoms with Crippen molar-refractivity contribution in [2.75, 3.05) is 26.2 Å². The summed E-state index contributed by atoms with van der Waals surface area (Å²) in [6.45, 7) is 3.61. The summed E-state index contributed by atoms with van der Waals surface area (Å²) >= 11 is 0. The van der Waals surface area contributed by atoms with Gasteiger partial charge in [-0.05, 0) is 19.3 Å². The van der Waals surface area contributed by atoms with E-state index in [1.54, 1.807) is 0 Å². The Labute approximate surface area is 90.9 Å². The van der Waals surface area contributed by atoms with E-state index in [-0.39, 0.29) is 18.3 Å². The summed E-state index contributed by atoms with van der Waals surface area (Å²) in [6.07, 6.45) is 5.38. The van der Waals surface area contributed by atoms with Gasteiger partial charge in [-0.25, -0.2) is 0 Å². The number of hydrogen-bond donors (Lipinski definition) is 1. The van der Waals surface area contributed by atoms with Crippen LogP contribution in [0.5, 0.6) is 0 Å². The lowest BCUT2D eigenvalue weighted by atomic mass is 9.92. The third-order valence-corrected chi connectivity index (χ3v) is 2.75. The van der Waals surface area contributed by atoms with Gasteiger partial charge in [-0.3, -0.25) is 4.79 Å². The van der Waals surface area contributed by atoms with Gasteiger partial charge in [0.15, 0.2) is 0 Å². The Morgan fingerprint density at radius 1 is 1.29 bits per heavy atom. The van der Waals surface area contributed by atoms with E-state index in [9.17, 15) is 4.79 Å². The second kappa shape index (κ2) is 5.37. The fourth-order valence-corrected chi connectivity index (χ4v) is 1.68. The molecule has 2 aliphatic rings. The molecule has 2 fully saturated rings. The number of nitrogens with one attached hydrogen (secondary N) is 1. The van der Waals surface area contributed by atoms with Crippen molar-refractivity contribution in [1.82, 2.24) is 10.2 Å². The molecular formula is C10H17ClN2O.